The summed E-state index contributed by atoms with van der Waals surface area (Å²) in [7, 11) is 0. The molecular formula is C14H23N2O3-. The molecule has 5 nitrogen and oxygen atoms in total. The molecule has 108 valence electrons. The fourth-order valence-electron chi connectivity index (χ4n) is 2.16. The van der Waals surface area contributed by atoms with E-state index >= 15 is 0 Å². The lowest BCUT2D eigenvalue weighted by atomic mass is 9.97. The average Bonchev–Trinajstić information content (AvgIpc) is 2.36. The van der Waals surface area contributed by atoms with Crippen LogP contribution in [0, 0.1) is 5.92 Å². The summed E-state index contributed by atoms with van der Waals surface area (Å²) in [5, 5.41) is 15.9. The third-order valence-corrected chi connectivity index (χ3v) is 3.32. The van der Waals surface area contributed by atoms with Gasteiger partial charge in [0, 0.05) is 6.54 Å². The maximum atomic E-state index is 11.6. The SMILES string of the molecule is CC(C)[C@H](NC(=O)NCCC1=CCCCC1)C(=O)[O-]. The first-order valence-corrected chi connectivity index (χ1v) is 6.94. The first-order chi connectivity index (χ1) is 9.00. The van der Waals surface area contributed by atoms with Crippen LogP contribution < -0.4 is 15.7 Å². The smallest absolute Gasteiger partial charge is 0.315 e. The van der Waals surface area contributed by atoms with Gasteiger partial charge in [0.1, 0.15) is 0 Å². The van der Waals surface area contributed by atoms with Crippen molar-refractivity contribution in [1.29, 1.82) is 0 Å². The standard InChI is InChI=1S/C14H24N2O3/c1-10(2)12(13(17)18)16-14(19)15-9-8-11-6-4-3-5-7-11/h6,10,12H,3-5,7-9H2,1-2H3,(H,17,18)(H2,15,16,19)/p-1/t12-/m0/s1. The normalized spacial score (nSPS) is 16.7. The van der Waals surface area contributed by atoms with Crippen LogP contribution in [0.25, 0.3) is 0 Å². The Bertz CT molecular complexity index is 351. The van der Waals surface area contributed by atoms with Gasteiger partial charge >= 0.3 is 6.03 Å². The third kappa shape index (κ3) is 5.77. The number of hydrogen-bond acceptors (Lipinski definition) is 3. The Hall–Kier alpha value is -1.52. The Labute approximate surface area is 114 Å². The van der Waals surface area contributed by atoms with E-state index in [0.29, 0.717) is 6.54 Å². The van der Waals surface area contributed by atoms with Crippen molar-refractivity contribution < 1.29 is 14.7 Å². The van der Waals surface area contributed by atoms with Crippen LogP contribution in [0.3, 0.4) is 0 Å². The van der Waals surface area contributed by atoms with Crippen LogP contribution in [-0.4, -0.2) is 24.6 Å². The summed E-state index contributed by atoms with van der Waals surface area (Å²) in [6, 6.07) is -1.40. The summed E-state index contributed by atoms with van der Waals surface area (Å²) < 4.78 is 0. The molecule has 0 aromatic rings. The summed E-state index contributed by atoms with van der Waals surface area (Å²) in [4.78, 5) is 22.4. The van der Waals surface area contributed by atoms with Crippen molar-refractivity contribution in [1.82, 2.24) is 10.6 Å². The van der Waals surface area contributed by atoms with Crippen LogP contribution in [0.1, 0.15) is 46.0 Å². The van der Waals surface area contributed by atoms with Gasteiger partial charge in [-0.15, -0.1) is 0 Å². The Balaban J connectivity index is 2.27. The van der Waals surface area contributed by atoms with Crippen molar-refractivity contribution in [3.05, 3.63) is 11.6 Å². The van der Waals surface area contributed by atoms with E-state index in [1.165, 1.54) is 18.4 Å². The summed E-state index contributed by atoms with van der Waals surface area (Å²) in [5.41, 5.74) is 1.38. The molecule has 2 amide bonds. The second-order valence-electron chi connectivity index (χ2n) is 5.30. The predicted octanol–water partition coefficient (Wildman–Crippen LogP) is 0.951. The number of carbonyl (C=O) groups is 2. The molecule has 0 aliphatic heterocycles. The van der Waals surface area contributed by atoms with Crippen molar-refractivity contribution >= 4 is 12.0 Å². The van der Waals surface area contributed by atoms with E-state index in [1.807, 2.05) is 0 Å². The van der Waals surface area contributed by atoms with Gasteiger partial charge in [0.2, 0.25) is 0 Å². The number of aliphatic carboxylic acids is 1. The molecule has 1 aliphatic carbocycles. The molecular weight excluding hydrogens is 244 g/mol. The zero-order valence-corrected chi connectivity index (χ0v) is 11.7. The van der Waals surface area contributed by atoms with Crippen molar-refractivity contribution in [3.63, 3.8) is 0 Å². The molecule has 0 saturated carbocycles. The Morgan fingerprint density at radius 2 is 2.11 bits per heavy atom. The molecule has 0 aromatic heterocycles. The highest BCUT2D eigenvalue weighted by atomic mass is 16.4. The van der Waals surface area contributed by atoms with Gasteiger partial charge in [0.25, 0.3) is 0 Å². The fraction of sp³-hybridized carbons (Fsp3) is 0.714. The maximum Gasteiger partial charge on any atom is 0.315 e. The topological polar surface area (TPSA) is 81.3 Å². The largest absolute Gasteiger partial charge is 0.548 e. The highest BCUT2D eigenvalue weighted by Crippen LogP contribution is 2.19. The molecule has 0 heterocycles. The third-order valence-electron chi connectivity index (χ3n) is 3.32. The number of carboxylic acids is 1. The van der Waals surface area contributed by atoms with Gasteiger partial charge in [0.05, 0.1) is 12.0 Å². The maximum absolute atomic E-state index is 11.6. The molecule has 0 spiro atoms. The lowest BCUT2D eigenvalue weighted by Gasteiger charge is -2.23. The molecule has 2 N–H and O–H groups in total. The zero-order chi connectivity index (χ0) is 14.3. The summed E-state index contributed by atoms with van der Waals surface area (Å²) in [6.45, 7) is 4.00. The first kappa shape index (κ1) is 15.5. The van der Waals surface area contributed by atoms with Crippen LogP contribution >= 0.6 is 0 Å². The molecule has 0 bridgehead atoms. The number of hydrogen-bond donors (Lipinski definition) is 2. The van der Waals surface area contributed by atoms with Gasteiger partial charge in [0.15, 0.2) is 0 Å². The van der Waals surface area contributed by atoms with E-state index in [4.69, 9.17) is 0 Å². The molecule has 1 aliphatic rings. The van der Waals surface area contributed by atoms with Gasteiger partial charge in [-0.3, -0.25) is 0 Å². The second kappa shape index (κ2) is 7.81. The van der Waals surface area contributed by atoms with E-state index in [0.717, 1.165) is 19.3 Å². The lowest BCUT2D eigenvalue weighted by Crippen LogP contribution is -2.53. The van der Waals surface area contributed by atoms with E-state index in [9.17, 15) is 14.7 Å². The molecule has 1 atom stereocenters. The van der Waals surface area contributed by atoms with Crippen molar-refractivity contribution in [2.75, 3.05) is 6.54 Å². The molecule has 0 radical (unpaired) electrons. The second-order valence-corrected chi connectivity index (χ2v) is 5.30. The first-order valence-electron chi connectivity index (χ1n) is 6.94. The number of urea groups is 1. The molecule has 1 rings (SSSR count). The van der Waals surface area contributed by atoms with Crippen molar-refractivity contribution in [2.24, 2.45) is 5.92 Å². The minimum Gasteiger partial charge on any atom is -0.548 e. The quantitative estimate of drug-likeness (QED) is 0.703. The van der Waals surface area contributed by atoms with E-state index in [1.54, 1.807) is 13.8 Å². The summed E-state index contributed by atoms with van der Waals surface area (Å²) in [6.07, 6.45) is 7.78. The number of carboxylic acid groups (broad SMARTS) is 1. The predicted molar refractivity (Wildman–Crippen MR) is 71.3 cm³/mol. The number of allylic oxidation sites excluding steroid dienone is 1. The molecule has 0 aromatic carbocycles. The summed E-state index contributed by atoms with van der Waals surface area (Å²) in [5.74, 6) is -1.45. The van der Waals surface area contributed by atoms with Gasteiger partial charge in [-0.05, 0) is 38.0 Å². The van der Waals surface area contributed by atoms with Gasteiger partial charge in [-0.25, -0.2) is 4.79 Å². The van der Waals surface area contributed by atoms with Crippen LogP contribution in [0.4, 0.5) is 4.79 Å². The van der Waals surface area contributed by atoms with Crippen LogP contribution in [-0.2, 0) is 4.79 Å². The van der Waals surface area contributed by atoms with E-state index in [-0.39, 0.29) is 5.92 Å². The number of carbonyl (C=O) groups excluding carboxylic acids is 2. The Morgan fingerprint density at radius 3 is 2.63 bits per heavy atom. The Morgan fingerprint density at radius 1 is 1.37 bits per heavy atom. The van der Waals surface area contributed by atoms with Crippen LogP contribution in [0.5, 0.6) is 0 Å². The van der Waals surface area contributed by atoms with E-state index < -0.39 is 18.0 Å². The number of rotatable bonds is 6. The zero-order valence-electron chi connectivity index (χ0n) is 11.7. The molecule has 0 saturated heterocycles. The molecule has 5 heteroatoms. The van der Waals surface area contributed by atoms with Gasteiger partial charge < -0.3 is 20.5 Å². The number of nitrogens with one attached hydrogen (secondary N) is 2. The minimum atomic E-state index is -1.25. The monoisotopic (exact) mass is 267 g/mol. The number of amides is 2. The minimum absolute atomic E-state index is 0.197. The van der Waals surface area contributed by atoms with Crippen molar-refractivity contribution in [3.8, 4) is 0 Å². The fourth-order valence-corrected chi connectivity index (χ4v) is 2.16. The van der Waals surface area contributed by atoms with E-state index in [2.05, 4.69) is 16.7 Å². The molecule has 0 unspecified atom stereocenters. The highest BCUT2D eigenvalue weighted by Gasteiger charge is 2.16. The average molecular weight is 267 g/mol. The van der Waals surface area contributed by atoms with Crippen LogP contribution in [0.2, 0.25) is 0 Å². The molecule has 19 heavy (non-hydrogen) atoms. The molecule has 0 fully saturated rings. The summed E-state index contributed by atoms with van der Waals surface area (Å²) >= 11 is 0. The lowest BCUT2D eigenvalue weighted by molar-refractivity contribution is -0.309. The highest BCUT2D eigenvalue weighted by molar-refractivity contribution is 5.81. The van der Waals surface area contributed by atoms with Gasteiger partial charge in [-0.2, -0.15) is 0 Å². The van der Waals surface area contributed by atoms with Crippen LogP contribution in [0.15, 0.2) is 11.6 Å². The van der Waals surface area contributed by atoms with Crippen molar-refractivity contribution in [2.45, 2.75) is 52.0 Å². The Kier molecular flexibility index (Phi) is 6.39. The van der Waals surface area contributed by atoms with Gasteiger partial charge in [-0.1, -0.05) is 25.5 Å².